The maximum atomic E-state index is 13.0. The highest BCUT2D eigenvalue weighted by Gasteiger charge is 2.33. The van der Waals surface area contributed by atoms with Crippen LogP contribution in [-0.2, 0) is 0 Å². The molecule has 1 amide bonds. The zero-order valence-corrected chi connectivity index (χ0v) is 15.5. The van der Waals surface area contributed by atoms with Crippen LogP contribution in [0.5, 0.6) is 0 Å². The second kappa shape index (κ2) is 7.02. The largest absolute Gasteiger partial charge is 0.396 e. The fourth-order valence-corrected chi connectivity index (χ4v) is 4.54. The van der Waals surface area contributed by atoms with Crippen LogP contribution in [-0.4, -0.2) is 64.6 Å². The van der Waals surface area contributed by atoms with Gasteiger partial charge in [0.25, 0.3) is 5.91 Å². The number of aryl methyl sites for hydroxylation is 1. The molecule has 4 rings (SSSR count). The summed E-state index contributed by atoms with van der Waals surface area (Å²) in [6, 6.07) is 6.11. The molecule has 2 aliphatic rings. The number of aliphatic hydroxyl groups excluding tert-OH is 1. The number of carbonyl (C=O) groups excluding carboxylic acids is 1. The number of hydrogen-bond donors (Lipinski definition) is 1. The van der Waals surface area contributed by atoms with E-state index in [0.717, 1.165) is 52.8 Å². The average Bonchev–Trinajstić information content (AvgIpc) is 3.34. The maximum absolute atomic E-state index is 13.0. The third kappa shape index (κ3) is 3.71. The maximum Gasteiger partial charge on any atom is 0.254 e. The lowest BCUT2D eigenvalue weighted by Gasteiger charge is -2.41. The van der Waals surface area contributed by atoms with Crippen LogP contribution in [0, 0.1) is 12.8 Å². The molecule has 5 nitrogen and oxygen atoms in total. The first kappa shape index (κ1) is 16.9. The monoisotopic (exact) mass is 359 g/mol. The van der Waals surface area contributed by atoms with Crippen molar-refractivity contribution in [2.75, 3.05) is 32.8 Å². The van der Waals surface area contributed by atoms with Crippen LogP contribution in [0.4, 0.5) is 0 Å². The van der Waals surface area contributed by atoms with E-state index >= 15 is 0 Å². The number of hydrogen-bond acceptors (Lipinski definition) is 5. The minimum Gasteiger partial charge on any atom is -0.396 e. The average molecular weight is 359 g/mol. The Morgan fingerprint density at radius 3 is 2.96 bits per heavy atom. The first-order chi connectivity index (χ1) is 12.1. The van der Waals surface area contributed by atoms with Crippen molar-refractivity contribution in [1.82, 2.24) is 14.8 Å². The van der Waals surface area contributed by atoms with Crippen LogP contribution in [0.3, 0.4) is 0 Å². The number of aromatic nitrogens is 1. The molecule has 2 fully saturated rings. The Bertz CT molecular complexity index is 771. The molecule has 0 spiro atoms. The van der Waals surface area contributed by atoms with Crippen molar-refractivity contribution in [1.29, 1.82) is 0 Å². The molecular formula is C19H25N3O2S. The van der Waals surface area contributed by atoms with Gasteiger partial charge in [-0.1, -0.05) is 0 Å². The van der Waals surface area contributed by atoms with Gasteiger partial charge in [-0.25, -0.2) is 4.98 Å². The molecule has 2 heterocycles. The van der Waals surface area contributed by atoms with E-state index in [1.54, 1.807) is 11.3 Å². The second-order valence-electron chi connectivity index (χ2n) is 7.27. The Labute approximate surface area is 152 Å². The van der Waals surface area contributed by atoms with Gasteiger partial charge in [0.2, 0.25) is 0 Å². The first-order valence-corrected chi connectivity index (χ1v) is 9.97. The molecule has 0 bridgehead atoms. The molecule has 0 unspecified atom stereocenters. The van der Waals surface area contributed by atoms with Gasteiger partial charge in [0.15, 0.2) is 0 Å². The van der Waals surface area contributed by atoms with E-state index < -0.39 is 0 Å². The summed E-state index contributed by atoms with van der Waals surface area (Å²) in [7, 11) is 0. The number of piperazine rings is 1. The molecule has 1 aromatic heterocycles. The van der Waals surface area contributed by atoms with Gasteiger partial charge < -0.3 is 10.0 Å². The molecule has 6 heteroatoms. The number of rotatable bonds is 5. The standard InChI is InChI=1S/C19H25N3O2S/c1-13-20-17-10-15(4-5-18(17)25-13)19(24)22-8-7-21(11-14-2-3-14)16(12-22)6-9-23/h4-5,10,14,16,23H,2-3,6-9,11-12H2,1H3/t16-/m1/s1. The van der Waals surface area contributed by atoms with E-state index in [1.165, 1.54) is 12.8 Å². The van der Waals surface area contributed by atoms with Gasteiger partial charge in [-0.3, -0.25) is 9.69 Å². The van der Waals surface area contributed by atoms with E-state index in [2.05, 4.69) is 9.88 Å². The summed E-state index contributed by atoms with van der Waals surface area (Å²) in [4.78, 5) is 21.9. The molecular weight excluding hydrogens is 334 g/mol. The van der Waals surface area contributed by atoms with Crippen LogP contribution in [0.1, 0.15) is 34.6 Å². The van der Waals surface area contributed by atoms with Crippen molar-refractivity contribution >= 4 is 27.5 Å². The van der Waals surface area contributed by atoms with Gasteiger partial charge in [0, 0.05) is 44.4 Å². The molecule has 1 atom stereocenters. The number of amides is 1. The number of thiazole rings is 1. The minimum absolute atomic E-state index is 0.0848. The SMILES string of the molecule is Cc1nc2cc(C(=O)N3CCN(CC4CC4)[C@H](CCO)C3)ccc2s1. The van der Waals surface area contributed by atoms with E-state index in [0.29, 0.717) is 6.54 Å². The number of aliphatic hydroxyl groups is 1. The molecule has 2 aromatic rings. The van der Waals surface area contributed by atoms with Crippen molar-refractivity contribution in [2.45, 2.75) is 32.2 Å². The van der Waals surface area contributed by atoms with E-state index in [4.69, 9.17) is 0 Å². The highest BCUT2D eigenvalue weighted by atomic mass is 32.1. The Morgan fingerprint density at radius 2 is 2.20 bits per heavy atom. The van der Waals surface area contributed by atoms with Gasteiger partial charge >= 0.3 is 0 Å². The van der Waals surface area contributed by atoms with Gasteiger partial charge in [0.1, 0.15) is 0 Å². The smallest absolute Gasteiger partial charge is 0.254 e. The zero-order chi connectivity index (χ0) is 17.4. The molecule has 1 aliphatic heterocycles. The summed E-state index contributed by atoms with van der Waals surface area (Å²) in [6.45, 7) is 5.67. The van der Waals surface area contributed by atoms with Crippen molar-refractivity contribution in [3.63, 3.8) is 0 Å². The molecule has 1 saturated carbocycles. The summed E-state index contributed by atoms with van der Waals surface area (Å²) in [5.74, 6) is 0.917. The van der Waals surface area contributed by atoms with Crippen LogP contribution >= 0.6 is 11.3 Å². The zero-order valence-electron chi connectivity index (χ0n) is 14.6. The number of carbonyl (C=O) groups is 1. The fraction of sp³-hybridized carbons (Fsp3) is 0.579. The number of benzene rings is 1. The van der Waals surface area contributed by atoms with Crippen LogP contribution < -0.4 is 0 Å². The number of fused-ring (bicyclic) bond motifs is 1. The first-order valence-electron chi connectivity index (χ1n) is 9.15. The van der Waals surface area contributed by atoms with E-state index in [-0.39, 0.29) is 18.6 Å². The van der Waals surface area contributed by atoms with Gasteiger partial charge in [-0.05, 0) is 50.3 Å². The Kier molecular flexibility index (Phi) is 4.75. The van der Waals surface area contributed by atoms with Crippen molar-refractivity contribution in [2.24, 2.45) is 5.92 Å². The predicted octanol–water partition coefficient (Wildman–Crippen LogP) is 2.52. The lowest BCUT2D eigenvalue weighted by atomic mass is 10.1. The molecule has 1 saturated heterocycles. The predicted molar refractivity (Wildman–Crippen MR) is 100 cm³/mol. The van der Waals surface area contributed by atoms with Crippen LogP contribution in [0.25, 0.3) is 10.2 Å². The molecule has 1 aliphatic carbocycles. The van der Waals surface area contributed by atoms with Crippen molar-refractivity contribution in [3.05, 3.63) is 28.8 Å². The third-order valence-electron chi connectivity index (χ3n) is 5.29. The highest BCUT2D eigenvalue weighted by molar-refractivity contribution is 7.18. The van der Waals surface area contributed by atoms with Gasteiger partial charge in [0.05, 0.1) is 15.2 Å². The third-order valence-corrected chi connectivity index (χ3v) is 6.24. The summed E-state index contributed by atoms with van der Waals surface area (Å²) >= 11 is 1.66. The molecule has 25 heavy (non-hydrogen) atoms. The molecule has 1 N–H and O–H groups in total. The lowest BCUT2D eigenvalue weighted by molar-refractivity contribution is 0.0407. The minimum atomic E-state index is 0.0848. The van der Waals surface area contributed by atoms with Gasteiger partial charge in [-0.2, -0.15) is 0 Å². The van der Waals surface area contributed by atoms with Crippen LogP contribution in [0.2, 0.25) is 0 Å². The Morgan fingerprint density at radius 1 is 1.36 bits per heavy atom. The van der Waals surface area contributed by atoms with Crippen molar-refractivity contribution < 1.29 is 9.90 Å². The van der Waals surface area contributed by atoms with Gasteiger partial charge in [-0.15, -0.1) is 11.3 Å². The Balaban J connectivity index is 1.48. The van der Waals surface area contributed by atoms with Crippen LogP contribution in [0.15, 0.2) is 18.2 Å². The molecule has 134 valence electrons. The Hall–Kier alpha value is -1.50. The summed E-state index contributed by atoms with van der Waals surface area (Å²) in [5.41, 5.74) is 1.63. The second-order valence-corrected chi connectivity index (χ2v) is 8.51. The van der Waals surface area contributed by atoms with E-state index in [9.17, 15) is 9.90 Å². The topological polar surface area (TPSA) is 56.7 Å². The summed E-state index contributed by atoms with van der Waals surface area (Å²) in [5, 5.41) is 10.4. The quantitative estimate of drug-likeness (QED) is 0.891. The van der Waals surface area contributed by atoms with Crippen molar-refractivity contribution in [3.8, 4) is 0 Å². The lowest BCUT2D eigenvalue weighted by Crippen LogP contribution is -2.55. The summed E-state index contributed by atoms with van der Waals surface area (Å²) in [6.07, 6.45) is 3.40. The summed E-state index contributed by atoms with van der Waals surface area (Å²) < 4.78 is 1.13. The normalized spacial score (nSPS) is 21.8. The fourth-order valence-electron chi connectivity index (χ4n) is 3.73. The highest BCUT2D eigenvalue weighted by Crippen LogP contribution is 2.31. The molecule has 1 aromatic carbocycles. The molecule has 0 radical (unpaired) electrons. The van der Waals surface area contributed by atoms with E-state index in [1.807, 2.05) is 30.0 Å². The number of nitrogens with zero attached hydrogens (tertiary/aromatic N) is 3.